The van der Waals surface area contributed by atoms with Crippen molar-refractivity contribution in [1.29, 1.82) is 0 Å². The molecule has 1 amide bonds. The Labute approximate surface area is 148 Å². The van der Waals surface area contributed by atoms with E-state index in [-0.39, 0.29) is 30.6 Å². The van der Waals surface area contributed by atoms with Crippen LogP contribution in [0.4, 0.5) is 4.39 Å². The van der Waals surface area contributed by atoms with Crippen LogP contribution in [-0.2, 0) is 17.0 Å². The molecule has 0 fully saturated rings. The number of aliphatic hydroxyl groups excluding tert-OH is 1. The van der Waals surface area contributed by atoms with Crippen LogP contribution < -0.4 is 5.32 Å². The summed E-state index contributed by atoms with van der Waals surface area (Å²) in [4.78, 5) is 16.5. The number of hydrogen-bond donors (Lipinski definition) is 2. The van der Waals surface area contributed by atoms with E-state index in [0.29, 0.717) is 15.6 Å². The highest BCUT2D eigenvalue weighted by atomic mass is 35.5. The first-order valence-corrected chi connectivity index (χ1v) is 8.22. The van der Waals surface area contributed by atoms with E-state index in [0.717, 1.165) is 0 Å². The van der Waals surface area contributed by atoms with Crippen LogP contribution in [0.5, 0.6) is 0 Å². The number of carbonyl (C=O) groups is 1. The summed E-state index contributed by atoms with van der Waals surface area (Å²) in [5, 5.41) is 13.2. The van der Waals surface area contributed by atoms with Gasteiger partial charge in [-0.1, -0.05) is 41.4 Å². The van der Waals surface area contributed by atoms with Gasteiger partial charge >= 0.3 is 0 Å². The van der Waals surface area contributed by atoms with E-state index >= 15 is 4.39 Å². The van der Waals surface area contributed by atoms with Gasteiger partial charge in [0.05, 0.1) is 21.8 Å². The molecule has 1 aliphatic carbocycles. The van der Waals surface area contributed by atoms with E-state index in [1.165, 1.54) is 12.3 Å². The fraction of sp³-hybridized carbons (Fsp3) is 0.294. The number of halogens is 3. The Kier molecular flexibility index (Phi) is 4.76. The predicted molar refractivity (Wildman–Crippen MR) is 89.5 cm³/mol. The minimum atomic E-state index is -2.23. The molecule has 0 unspecified atom stereocenters. The number of aromatic nitrogens is 1. The highest BCUT2D eigenvalue weighted by Gasteiger charge is 2.46. The number of amides is 1. The lowest BCUT2D eigenvalue weighted by molar-refractivity contribution is -0.135. The zero-order valence-electron chi connectivity index (χ0n) is 12.6. The Hall–Kier alpha value is -1.69. The van der Waals surface area contributed by atoms with Gasteiger partial charge in [0.1, 0.15) is 0 Å². The Morgan fingerprint density at radius 3 is 2.96 bits per heavy atom. The van der Waals surface area contributed by atoms with E-state index in [1.807, 2.05) is 0 Å². The van der Waals surface area contributed by atoms with E-state index in [4.69, 9.17) is 23.2 Å². The van der Waals surface area contributed by atoms with Crippen molar-refractivity contribution < 1.29 is 14.3 Å². The van der Waals surface area contributed by atoms with E-state index in [9.17, 15) is 9.90 Å². The number of hydrogen-bond acceptors (Lipinski definition) is 3. The normalized spacial score (nSPS) is 22.8. The first-order chi connectivity index (χ1) is 11.4. The summed E-state index contributed by atoms with van der Waals surface area (Å²) in [5.74, 6) is -0.778. The number of alkyl halides is 1. The average molecular weight is 369 g/mol. The van der Waals surface area contributed by atoms with Crippen LogP contribution in [-0.4, -0.2) is 16.0 Å². The summed E-state index contributed by atoms with van der Waals surface area (Å²) in [7, 11) is 0. The second kappa shape index (κ2) is 6.67. The van der Waals surface area contributed by atoms with Crippen molar-refractivity contribution >= 4 is 29.1 Å². The molecule has 1 heterocycles. The molecule has 24 heavy (non-hydrogen) atoms. The van der Waals surface area contributed by atoms with Crippen molar-refractivity contribution in [3.05, 3.63) is 63.4 Å². The van der Waals surface area contributed by atoms with Crippen LogP contribution in [0.2, 0.25) is 10.0 Å². The number of carbonyl (C=O) groups excluding carboxylic acids is 1. The molecule has 0 radical (unpaired) electrons. The van der Waals surface area contributed by atoms with Crippen LogP contribution in [0.3, 0.4) is 0 Å². The smallest absolute Gasteiger partial charge is 0.262 e. The second-order valence-electron chi connectivity index (χ2n) is 5.69. The highest BCUT2D eigenvalue weighted by Crippen LogP contribution is 2.42. The molecular formula is C17H15Cl2FN2O2. The maximum atomic E-state index is 15.4. The molecule has 7 heteroatoms. The van der Waals surface area contributed by atoms with Crippen LogP contribution in [0.15, 0.2) is 36.5 Å². The van der Waals surface area contributed by atoms with Gasteiger partial charge in [0.25, 0.3) is 5.91 Å². The van der Waals surface area contributed by atoms with Gasteiger partial charge in [-0.25, -0.2) is 4.39 Å². The summed E-state index contributed by atoms with van der Waals surface area (Å²) in [6.07, 6.45) is 0.630. The molecule has 3 rings (SSSR count). The van der Waals surface area contributed by atoms with Gasteiger partial charge in [0.2, 0.25) is 5.67 Å². The molecule has 0 saturated carbocycles. The summed E-state index contributed by atoms with van der Waals surface area (Å²) < 4.78 is 15.4. The molecule has 1 aromatic heterocycles. The minimum Gasteiger partial charge on any atom is -0.387 e. The monoisotopic (exact) mass is 368 g/mol. The topological polar surface area (TPSA) is 62.2 Å². The van der Waals surface area contributed by atoms with Crippen LogP contribution in [0, 0.1) is 0 Å². The summed E-state index contributed by atoms with van der Waals surface area (Å²) in [6.45, 7) is 0.0576. The molecule has 4 nitrogen and oxygen atoms in total. The summed E-state index contributed by atoms with van der Waals surface area (Å²) in [6, 6.07) is 8.08. The Balaban J connectivity index is 1.82. The van der Waals surface area contributed by atoms with Gasteiger partial charge in [-0.3, -0.25) is 9.78 Å². The molecule has 2 N–H and O–H groups in total. The molecule has 0 aliphatic heterocycles. The fourth-order valence-electron chi connectivity index (χ4n) is 2.86. The molecule has 1 aliphatic rings. The Morgan fingerprint density at radius 1 is 1.38 bits per heavy atom. The lowest BCUT2D eigenvalue weighted by atomic mass is 9.81. The third-order valence-electron chi connectivity index (χ3n) is 4.17. The van der Waals surface area contributed by atoms with Crippen molar-refractivity contribution in [2.75, 3.05) is 0 Å². The molecular weight excluding hydrogens is 354 g/mol. The number of nitrogens with one attached hydrogen (secondary N) is 1. The number of nitrogens with zero attached hydrogens (tertiary/aromatic N) is 1. The van der Waals surface area contributed by atoms with Crippen LogP contribution in [0.1, 0.15) is 35.8 Å². The average Bonchev–Trinajstić information content (AvgIpc) is 2.59. The SMILES string of the molecule is O=C(NCc1cccc(Cl)c1Cl)[C@]1(F)CC[C@@H](O)c2ncccc21. The molecule has 0 spiro atoms. The highest BCUT2D eigenvalue weighted by molar-refractivity contribution is 6.42. The maximum Gasteiger partial charge on any atom is 0.262 e. The molecule has 2 atom stereocenters. The molecule has 1 aromatic carbocycles. The van der Waals surface area contributed by atoms with Crippen molar-refractivity contribution in [3.63, 3.8) is 0 Å². The lowest BCUT2D eigenvalue weighted by Crippen LogP contribution is -2.44. The van der Waals surface area contributed by atoms with Gasteiger partial charge in [-0.05, 0) is 30.5 Å². The fourth-order valence-corrected chi connectivity index (χ4v) is 3.25. The van der Waals surface area contributed by atoms with Crippen molar-refractivity contribution in [2.24, 2.45) is 0 Å². The van der Waals surface area contributed by atoms with Crippen molar-refractivity contribution in [1.82, 2.24) is 10.3 Å². The summed E-state index contributed by atoms with van der Waals surface area (Å²) in [5.41, 5.74) is -1.31. The number of rotatable bonds is 3. The van der Waals surface area contributed by atoms with Crippen LogP contribution in [0.25, 0.3) is 0 Å². The van der Waals surface area contributed by atoms with E-state index in [1.54, 1.807) is 24.3 Å². The third-order valence-corrected chi connectivity index (χ3v) is 5.03. The first kappa shape index (κ1) is 17.1. The second-order valence-corrected chi connectivity index (χ2v) is 6.47. The van der Waals surface area contributed by atoms with Gasteiger partial charge in [0, 0.05) is 18.3 Å². The Morgan fingerprint density at radius 2 is 2.17 bits per heavy atom. The lowest BCUT2D eigenvalue weighted by Gasteiger charge is -2.32. The first-order valence-electron chi connectivity index (χ1n) is 7.47. The van der Waals surface area contributed by atoms with Crippen molar-refractivity contribution in [2.45, 2.75) is 31.2 Å². The van der Waals surface area contributed by atoms with E-state index < -0.39 is 17.7 Å². The molecule has 0 saturated heterocycles. The zero-order chi connectivity index (χ0) is 17.3. The number of aliphatic hydroxyl groups is 1. The zero-order valence-corrected chi connectivity index (χ0v) is 14.1. The number of fused-ring (bicyclic) bond motifs is 1. The van der Waals surface area contributed by atoms with Gasteiger partial charge in [-0.2, -0.15) is 0 Å². The quantitative estimate of drug-likeness (QED) is 0.868. The van der Waals surface area contributed by atoms with Gasteiger partial charge in [-0.15, -0.1) is 0 Å². The largest absolute Gasteiger partial charge is 0.387 e. The summed E-state index contributed by atoms with van der Waals surface area (Å²) >= 11 is 12.0. The molecule has 0 bridgehead atoms. The van der Waals surface area contributed by atoms with Crippen LogP contribution >= 0.6 is 23.2 Å². The molecule has 2 aromatic rings. The standard InChI is InChI=1S/C17H15Cl2FN2O2/c18-12-5-1-3-10(14(12)19)9-22-16(24)17(20)7-6-13(23)15-11(17)4-2-8-21-15/h1-5,8,13,23H,6-7,9H2,(H,22,24)/t13-,17+/m1/s1. The molecule has 126 valence electrons. The predicted octanol–water partition coefficient (Wildman–Crippen LogP) is 3.70. The number of benzene rings is 1. The van der Waals surface area contributed by atoms with Gasteiger partial charge < -0.3 is 10.4 Å². The Bertz CT molecular complexity index is 787. The maximum absolute atomic E-state index is 15.4. The van der Waals surface area contributed by atoms with Gasteiger partial charge in [0.15, 0.2) is 0 Å². The minimum absolute atomic E-state index is 0.0576. The van der Waals surface area contributed by atoms with E-state index in [2.05, 4.69) is 10.3 Å². The van der Waals surface area contributed by atoms with Crippen molar-refractivity contribution in [3.8, 4) is 0 Å². The number of pyridine rings is 1. The third kappa shape index (κ3) is 2.99.